The van der Waals surface area contributed by atoms with Gasteiger partial charge in [0.25, 0.3) is 0 Å². The standard InChI is InChI=1S/C17H27N3O/c1-13(14-7-5-4-6-8-14)20(3)17(21)12-19(2)16(11-18)15-9-10-15/h4-8,13,15-16H,9-12,18H2,1-3H3. The molecule has 2 atom stereocenters. The van der Waals surface area contributed by atoms with Gasteiger partial charge in [0, 0.05) is 19.6 Å². The van der Waals surface area contributed by atoms with Gasteiger partial charge in [0.1, 0.15) is 0 Å². The molecule has 0 saturated heterocycles. The van der Waals surface area contributed by atoms with Crippen LogP contribution in [0.4, 0.5) is 0 Å². The lowest BCUT2D eigenvalue weighted by Gasteiger charge is -2.31. The van der Waals surface area contributed by atoms with Crippen molar-refractivity contribution in [1.29, 1.82) is 0 Å². The first kappa shape index (κ1) is 16.0. The third kappa shape index (κ3) is 4.05. The molecule has 0 aliphatic heterocycles. The first-order valence-corrected chi connectivity index (χ1v) is 7.75. The van der Waals surface area contributed by atoms with Crippen LogP contribution in [0.5, 0.6) is 0 Å². The van der Waals surface area contributed by atoms with Crippen molar-refractivity contribution in [2.75, 3.05) is 27.2 Å². The summed E-state index contributed by atoms with van der Waals surface area (Å²) in [5.74, 6) is 0.831. The van der Waals surface area contributed by atoms with Gasteiger partial charge in [-0.3, -0.25) is 9.69 Å². The van der Waals surface area contributed by atoms with Crippen LogP contribution in [0.15, 0.2) is 30.3 Å². The first-order valence-electron chi connectivity index (χ1n) is 7.75. The second-order valence-electron chi connectivity index (χ2n) is 6.15. The van der Waals surface area contributed by atoms with Gasteiger partial charge in [0.05, 0.1) is 12.6 Å². The zero-order valence-electron chi connectivity index (χ0n) is 13.3. The van der Waals surface area contributed by atoms with Crippen molar-refractivity contribution in [3.63, 3.8) is 0 Å². The number of carbonyl (C=O) groups is 1. The van der Waals surface area contributed by atoms with E-state index < -0.39 is 0 Å². The summed E-state index contributed by atoms with van der Waals surface area (Å²) >= 11 is 0. The Kier molecular flexibility index (Phi) is 5.37. The number of hydrogen-bond acceptors (Lipinski definition) is 3. The maximum absolute atomic E-state index is 12.5. The molecule has 116 valence electrons. The summed E-state index contributed by atoms with van der Waals surface area (Å²) in [4.78, 5) is 16.4. The first-order chi connectivity index (χ1) is 10.0. The van der Waals surface area contributed by atoms with Crippen LogP contribution in [-0.4, -0.2) is 48.9 Å². The molecule has 1 amide bonds. The fraction of sp³-hybridized carbons (Fsp3) is 0.588. The van der Waals surface area contributed by atoms with Crippen molar-refractivity contribution in [3.05, 3.63) is 35.9 Å². The van der Waals surface area contributed by atoms with Gasteiger partial charge in [0.15, 0.2) is 0 Å². The van der Waals surface area contributed by atoms with E-state index in [0.717, 1.165) is 5.56 Å². The Morgan fingerprint density at radius 3 is 2.43 bits per heavy atom. The summed E-state index contributed by atoms with van der Waals surface area (Å²) < 4.78 is 0. The van der Waals surface area contributed by atoms with E-state index in [1.807, 2.05) is 37.2 Å². The van der Waals surface area contributed by atoms with Crippen LogP contribution in [0.25, 0.3) is 0 Å². The quantitative estimate of drug-likeness (QED) is 0.834. The molecule has 4 nitrogen and oxygen atoms in total. The van der Waals surface area contributed by atoms with Crippen molar-refractivity contribution >= 4 is 5.91 Å². The van der Waals surface area contributed by atoms with Crippen LogP contribution in [0.2, 0.25) is 0 Å². The van der Waals surface area contributed by atoms with Crippen LogP contribution >= 0.6 is 0 Å². The highest BCUT2D eigenvalue weighted by Crippen LogP contribution is 2.34. The van der Waals surface area contributed by atoms with Gasteiger partial charge in [-0.05, 0) is 38.3 Å². The minimum Gasteiger partial charge on any atom is -0.338 e. The minimum atomic E-state index is 0.0874. The van der Waals surface area contributed by atoms with E-state index in [2.05, 4.69) is 24.0 Å². The number of nitrogens with two attached hydrogens (primary N) is 1. The molecular formula is C17H27N3O. The molecule has 1 saturated carbocycles. The van der Waals surface area contributed by atoms with Crippen molar-refractivity contribution in [1.82, 2.24) is 9.80 Å². The average molecular weight is 289 g/mol. The third-order valence-corrected chi connectivity index (χ3v) is 4.61. The van der Waals surface area contributed by atoms with Crippen molar-refractivity contribution in [2.24, 2.45) is 11.7 Å². The monoisotopic (exact) mass is 289 g/mol. The SMILES string of the molecule is CC(c1ccccc1)N(C)C(=O)CN(C)C(CN)C1CC1. The summed E-state index contributed by atoms with van der Waals surface area (Å²) in [6, 6.07) is 10.6. The highest BCUT2D eigenvalue weighted by Gasteiger charge is 2.33. The molecule has 0 radical (unpaired) electrons. The molecule has 1 aliphatic carbocycles. The maximum Gasteiger partial charge on any atom is 0.236 e. The number of rotatable bonds is 7. The highest BCUT2D eigenvalue weighted by atomic mass is 16.2. The zero-order valence-corrected chi connectivity index (χ0v) is 13.3. The van der Waals surface area contributed by atoms with Crippen molar-refractivity contribution < 1.29 is 4.79 Å². The lowest BCUT2D eigenvalue weighted by Crippen LogP contribution is -2.45. The molecule has 21 heavy (non-hydrogen) atoms. The van der Waals surface area contributed by atoms with Crippen LogP contribution in [0.3, 0.4) is 0 Å². The summed E-state index contributed by atoms with van der Waals surface area (Å²) in [7, 11) is 3.89. The summed E-state index contributed by atoms with van der Waals surface area (Å²) in [5.41, 5.74) is 7.01. The predicted molar refractivity (Wildman–Crippen MR) is 85.8 cm³/mol. The molecule has 1 aromatic carbocycles. The molecule has 2 rings (SSSR count). The van der Waals surface area contributed by atoms with E-state index in [0.29, 0.717) is 25.0 Å². The smallest absolute Gasteiger partial charge is 0.236 e. The third-order valence-electron chi connectivity index (χ3n) is 4.61. The Labute approximate surface area is 127 Å². The molecule has 0 spiro atoms. The topological polar surface area (TPSA) is 49.6 Å². The zero-order chi connectivity index (χ0) is 15.4. The molecule has 1 aliphatic rings. The van der Waals surface area contributed by atoms with Crippen molar-refractivity contribution in [2.45, 2.75) is 31.8 Å². The largest absolute Gasteiger partial charge is 0.338 e. The number of amides is 1. The highest BCUT2D eigenvalue weighted by molar-refractivity contribution is 5.78. The van der Waals surface area contributed by atoms with Gasteiger partial charge >= 0.3 is 0 Å². The van der Waals surface area contributed by atoms with Crippen molar-refractivity contribution in [3.8, 4) is 0 Å². The summed E-state index contributed by atoms with van der Waals surface area (Å²) in [5, 5.41) is 0. The molecular weight excluding hydrogens is 262 g/mol. The minimum absolute atomic E-state index is 0.0874. The Morgan fingerprint density at radius 1 is 1.29 bits per heavy atom. The molecule has 0 bridgehead atoms. The van der Waals surface area contributed by atoms with Gasteiger partial charge in [0.2, 0.25) is 5.91 Å². The van der Waals surface area contributed by atoms with E-state index >= 15 is 0 Å². The van der Waals surface area contributed by atoms with Gasteiger partial charge in [-0.25, -0.2) is 0 Å². The van der Waals surface area contributed by atoms with E-state index in [9.17, 15) is 4.79 Å². The van der Waals surface area contributed by atoms with Gasteiger partial charge < -0.3 is 10.6 Å². The molecule has 0 aromatic heterocycles. The van der Waals surface area contributed by atoms with E-state index in [4.69, 9.17) is 5.73 Å². The molecule has 4 heteroatoms. The van der Waals surface area contributed by atoms with Crippen LogP contribution in [0, 0.1) is 5.92 Å². The van der Waals surface area contributed by atoms with Gasteiger partial charge in [-0.1, -0.05) is 30.3 Å². The van der Waals surface area contributed by atoms with Crippen LogP contribution < -0.4 is 5.73 Å². The average Bonchev–Trinajstić information content (AvgIpc) is 3.32. The molecule has 2 unspecified atom stereocenters. The van der Waals surface area contributed by atoms with E-state index in [1.54, 1.807) is 0 Å². The maximum atomic E-state index is 12.5. The van der Waals surface area contributed by atoms with E-state index in [-0.39, 0.29) is 11.9 Å². The van der Waals surface area contributed by atoms with E-state index in [1.165, 1.54) is 12.8 Å². The van der Waals surface area contributed by atoms with Gasteiger partial charge in [-0.2, -0.15) is 0 Å². The Hall–Kier alpha value is -1.39. The summed E-state index contributed by atoms with van der Waals surface area (Å²) in [6.45, 7) is 3.13. The lowest BCUT2D eigenvalue weighted by molar-refractivity contribution is -0.133. The summed E-state index contributed by atoms with van der Waals surface area (Å²) in [6.07, 6.45) is 2.49. The number of likely N-dealkylation sites (N-methyl/N-ethyl adjacent to an activating group) is 2. The number of hydrogen-bond donors (Lipinski definition) is 1. The molecule has 2 N–H and O–H groups in total. The second-order valence-corrected chi connectivity index (χ2v) is 6.15. The second kappa shape index (κ2) is 7.05. The Morgan fingerprint density at radius 2 is 1.90 bits per heavy atom. The fourth-order valence-electron chi connectivity index (χ4n) is 2.83. The molecule has 1 aromatic rings. The molecule has 0 heterocycles. The predicted octanol–water partition coefficient (Wildman–Crippen LogP) is 1.88. The number of nitrogens with zero attached hydrogens (tertiary/aromatic N) is 2. The Balaban J connectivity index is 1.92. The number of benzene rings is 1. The van der Waals surface area contributed by atoms with Crippen LogP contribution in [-0.2, 0) is 4.79 Å². The van der Waals surface area contributed by atoms with Crippen LogP contribution in [0.1, 0.15) is 31.4 Å². The normalized spacial score (nSPS) is 17.6. The Bertz CT molecular complexity index is 458. The molecule has 1 fully saturated rings. The lowest BCUT2D eigenvalue weighted by atomic mass is 10.1. The number of carbonyl (C=O) groups excluding carboxylic acids is 1. The fourth-order valence-corrected chi connectivity index (χ4v) is 2.83. The van der Waals surface area contributed by atoms with Gasteiger partial charge in [-0.15, -0.1) is 0 Å².